The fourth-order valence-electron chi connectivity index (χ4n) is 2.51. The molecule has 1 fully saturated rings. The Morgan fingerprint density at radius 1 is 1.27 bits per heavy atom. The molecule has 1 atom stereocenters. The van der Waals surface area contributed by atoms with Gasteiger partial charge in [0, 0.05) is 23.4 Å². The van der Waals surface area contributed by atoms with Crippen LogP contribution < -0.4 is 10.6 Å². The van der Waals surface area contributed by atoms with Crippen LogP contribution in [-0.4, -0.2) is 19.6 Å². The summed E-state index contributed by atoms with van der Waals surface area (Å²) in [4.78, 5) is 1.65. The van der Waals surface area contributed by atoms with Crippen LogP contribution in [-0.2, 0) is 0 Å². The first-order chi connectivity index (χ1) is 7.33. The summed E-state index contributed by atoms with van der Waals surface area (Å²) in [6, 6.07) is 8.67. The quantitative estimate of drug-likeness (QED) is 0.744. The third kappa shape index (κ3) is 2.33. The number of hydrogen-bond donors (Lipinski definition) is 2. The first-order valence-corrected chi connectivity index (χ1v) is 6.09. The zero-order chi connectivity index (χ0) is 10.7. The summed E-state index contributed by atoms with van der Waals surface area (Å²) in [7, 11) is 0. The lowest BCUT2D eigenvalue weighted by atomic mass is 10.1. The van der Waals surface area contributed by atoms with Gasteiger partial charge >= 0.3 is 0 Å². The van der Waals surface area contributed by atoms with E-state index in [1.54, 1.807) is 4.90 Å². The Morgan fingerprint density at radius 2 is 1.93 bits per heavy atom. The lowest BCUT2D eigenvalue weighted by Gasteiger charge is -2.22. The Morgan fingerprint density at radius 3 is 2.53 bits per heavy atom. The molecule has 0 spiro atoms. The van der Waals surface area contributed by atoms with Crippen LogP contribution in [0.4, 0.5) is 0 Å². The predicted octanol–water partition coefficient (Wildman–Crippen LogP) is 0.302. The molecule has 1 heterocycles. The maximum atomic E-state index is 6.24. The summed E-state index contributed by atoms with van der Waals surface area (Å²) in [5.41, 5.74) is 5.34. The number of quaternary nitrogens is 2. The molecule has 1 aromatic carbocycles. The van der Waals surface area contributed by atoms with Crippen LogP contribution in [0.3, 0.4) is 0 Å². The first kappa shape index (κ1) is 10.9. The topological polar surface area (TPSA) is 32.1 Å². The summed E-state index contributed by atoms with van der Waals surface area (Å²) in [6.45, 7) is 3.47. The zero-order valence-electron chi connectivity index (χ0n) is 9.01. The van der Waals surface area contributed by atoms with Crippen LogP contribution in [0, 0.1) is 0 Å². The number of rotatable bonds is 3. The minimum absolute atomic E-state index is 0.487. The van der Waals surface area contributed by atoms with E-state index in [9.17, 15) is 0 Å². The highest BCUT2D eigenvalue weighted by molar-refractivity contribution is 6.31. The van der Waals surface area contributed by atoms with Gasteiger partial charge in [0.25, 0.3) is 0 Å². The minimum Gasteiger partial charge on any atom is -0.352 e. The number of hydrogen-bond acceptors (Lipinski definition) is 0. The van der Waals surface area contributed by atoms with Crippen molar-refractivity contribution >= 4 is 11.6 Å². The molecule has 2 nitrogen and oxygen atoms in total. The van der Waals surface area contributed by atoms with Gasteiger partial charge in [-0.3, -0.25) is 0 Å². The fourth-order valence-corrected chi connectivity index (χ4v) is 2.78. The van der Waals surface area contributed by atoms with Gasteiger partial charge in [0.2, 0.25) is 0 Å². The van der Waals surface area contributed by atoms with Crippen LogP contribution in [0.5, 0.6) is 0 Å². The van der Waals surface area contributed by atoms with E-state index in [1.165, 1.54) is 31.5 Å². The van der Waals surface area contributed by atoms with Crippen molar-refractivity contribution in [1.29, 1.82) is 0 Å². The second-order valence-electron chi connectivity index (χ2n) is 4.23. The molecule has 82 valence electrons. The van der Waals surface area contributed by atoms with Crippen molar-refractivity contribution in [1.82, 2.24) is 0 Å². The van der Waals surface area contributed by atoms with E-state index in [4.69, 9.17) is 11.6 Å². The monoisotopic (exact) mass is 226 g/mol. The first-order valence-electron chi connectivity index (χ1n) is 5.71. The van der Waals surface area contributed by atoms with Crippen molar-refractivity contribution in [3.63, 3.8) is 0 Å². The molecule has 1 aliphatic heterocycles. The molecule has 0 saturated carbocycles. The molecule has 1 saturated heterocycles. The highest BCUT2D eigenvalue weighted by Crippen LogP contribution is 2.20. The molecular weight excluding hydrogens is 208 g/mol. The molecule has 3 heteroatoms. The van der Waals surface area contributed by atoms with Crippen LogP contribution in [0.25, 0.3) is 0 Å². The molecule has 0 aromatic heterocycles. The van der Waals surface area contributed by atoms with Gasteiger partial charge in [-0.2, -0.15) is 0 Å². The van der Waals surface area contributed by atoms with E-state index in [1.807, 2.05) is 12.1 Å². The number of benzene rings is 1. The molecule has 0 bridgehead atoms. The third-order valence-corrected chi connectivity index (χ3v) is 3.65. The standard InChI is InChI=1S/C12H17ClN2/c13-11-6-2-1-5-10(11)12(9-14)15-7-3-4-8-15/h1-2,5-6,12H,3-4,7-9,14H2/p+2/t12-/m0/s1. The molecule has 15 heavy (non-hydrogen) atoms. The molecule has 2 rings (SSSR count). The predicted molar refractivity (Wildman–Crippen MR) is 61.9 cm³/mol. The Bertz CT molecular complexity index is 321. The summed E-state index contributed by atoms with van der Waals surface area (Å²) in [5.74, 6) is 0. The summed E-state index contributed by atoms with van der Waals surface area (Å²) >= 11 is 6.24. The average molecular weight is 227 g/mol. The van der Waals surface area contributed by atoms with E-state index in [0.29, 0.717) is 6.04 Å². The maximum absolute atomic E-state index is 6.24. The molecular formula is C12H19ClN2+2. The van der Waals surface area contributed by atoms with Crippen molar-refractivity contribution in [3.8, 4) is 0 Å². The van der Waals surface area contributed by atoms with Crippen LogP contribution in [0.15, 0.2) is 24.3 Å². The lowest BCUT2D eigenvalue weighted by Crippen LogP contribution is -3.11. The van der Waals surface area contributed by atoms with Gasteiger partial charge in [-0.25, -0.2) is 0 Å². The highest BCUT2D eigenvalue weighted by Gasteiger charge is 2.28. The normalized spacial score (nSPS) is 19.3. The van der Waals surface area contributed by atoms with Gasteiger partial charge in [-0.05, 0) is 6.07 Å². The van der Waals surface area contributed by atoms with Crippen LogP contribution >= 0.6 is 11.6 Å². The summed E-state index contributed by atoms with van der Waals surface area (Å²) in [6.07, 6.45) is 2.69. The Labute approximate surface area is 96.0 Å². The Hall–Kier alpha value is -0.570. The van der Waals surface area contributed by atoms with Gasteiger partial charge in [0.05, 0.1) is 13.1 Å². The fraction of sp³-hybridized carbons (Fsp3) is 0.500. The Balaban J connectivity index is 2.22. The molecule has 1 aromatic rings. The van der Waals surface area contributed by atoms with Crippen molar-refractivity contribution in [2.24, 2.45) is 0 Å². The Kier molecular flexibility index (Phi) is 3.62. The number of likely N-dealkylation sites (tertiary alicyclic amines) is 1. The van der Waals surface area contributed by atoms with E-state index in [0.717, 1.165) is 11.6 Å². The van der Waals surface area contributed by atoms with E-state index in [-0.39, 0.29) is 0 Å². The minimum atomic E-state index is 0.487. The van der Waals surface area contributed by atoms with Crippen molar-refractivity contribution in [3.05, 3.63) is 34.9 Å². The average Bonchev–Trinajstić information content (AvgIpc) is 2.75. The van der Waals surface area contributed by atoms with Crippen molar-refractivity contribution in [2.75, 3.05) is 19.6 Å². The lowest BCUT2D eigenvalue weighted by molar-refractivity contribution is -0.926. The van der Waals surface area contributed by atoms with E-state index >= 15 is 0 Å². The third-order valence-electron chi connectivity index (χ3n) is 3.31. The van der Waals surface area contributed by atoms with Crippen molar-refractivity contribution < 1.29 is 10.6 Å². The van der Waals surface area contributed by atoms with Gasteiger partial charge in [-0.1, -0.05) is 29.8 Å². The van der Waals surface area contributed by atoms with E-state index in [2.05, 4.69) is 17.9 Å². The zero-order valence-corrected chi connectivity index (χ0v) is 9.76. The second-order valence-corrected chi connectivity index (χ2v) is 4.64. The van der Waals surface area contributed by atoms with Crippen LogP contribution in [0.2, 0.25) is 5.02 Å². The number of nitrogens with one attached hydrogen (secondary N) is 1. The number of halogens is 1. The van der Waals surface area contributed by atoms with Gasteiger partial charge in [-0.15, -0.1) is 0 Å². The molecule has 1 aliphatic rings. The molecule has 0 unspecified atom stereocenters. The molecule has 0 radical (unpaired) electrons. The smallest absolute Gasteiger partial charge is 0.164 e. The highest BCUT2D eigenvalue weighted by atomic mass is 35.5. The van der Waals surface area contributed by atoms with Crippen molar-refractivity contribution in [2.45, 2.75) is 18.9 Å². The van der Waals surface area contributed by atoms with Gasteiger partial charge in [0.1, 0.15) is 6.54 Å². The molecule has 0 amide bonds. The van der Waals surface area contributed by atoms with Crippen LogP contribution in [0.1, 0.15) is 24.4 Å². The molecule has 0 aliphatic carbocycles. The maximum Gasteiger partial charge on any atom is 0.164 e. The molecule has 4 N–H and O–H groups in total. The summed E-state index contributed by atoms with van der Waals surface area (Å²) in [5, 5.41) is 0.894. The summed E-state index contributed by atoms with van der Waals surface area (Å²) < 4.78 is 0. The van der Waals surface area contributed by atoms with E-state index < -0.39 is 0 Å². The van der Waals surface area contributed by atoms with Gasteiger partial charge < -0.3 is 10.6 Å². The second kappa shape index (κ2) is 4.97. The van der Waals surface area contributed by atoms with Gasteiger partial charge in [0.15, 0.2) is 6.04 Å². The SMILES string of the molecule is [NH3+]C[C@@H](c1ccccc1Cl)[NH+]1CCCC1. The largest absolute Gasteiger partial charge is 0.352 e.